The minimum atomic E-state index is 0.486. The van der Waals surface area contributed by atoms with Gasteiger partial charge in [0.2, 0.25) is 0 Å². The SMILES string of the molecule is CC(C)c1nc(CN(C)c2ccc(Cn3ccnc3)cn2)cs1. The molecule has 3 aromatic rings. The lowest BCUT2D eigenvalue weighted by Crippen LogP contribution is -2.18. The molecule has 0 aliphatic rings. The van der Waals surface area contributed by atoms with Crippen molar-refractivity contribution in [3.63, 3.8) is 0 Å². The predicted octanol–water partition coefficient (Wildman–Crippen LogP) is 3.54. The lowest BCUT2D eigenvalue weighted by Gasteiger charge is -2.17. The summed E-state index contributed by atoms with van der Waals surface area (Å²) >= 11 is 1.73. The molecule has 0 aliphatic heterocycles. The topological polar surface area (TPSA) is 46.8 Å². The first-order valence-corrected chi connectivity index (χ1v) is 8.56. The molecule has 5 nitrogen and oxygen atoms in total. The standard InChI is InChI=1S/C17H21N5S/c1-13(2)17-20-15(11-23-17)10-21(3)16-5-4-14(8-19-16)9-22-7-6-18-12-22/h4-8,11-13H,9-10H2,1-3H3. The smallest absolute Gasteiger partial charge is 0.128 e. The van der Waals surface area contributed by atoms with Gasteiger partial charge in [-0.05, 0) is 11.6 Å². The quantitative estimate of drug-likeness (QED) is 0.695. The molecule has 0 bridgehead atoms. The fourth-order valence-corrected chi connectivity index (χ4v) is 3.14. The van der Waals surface area contributed by atoms with Gasteiger partial charge in [0.05, 0.1) is 23.6 Å². The lowest BCUT2D eigenvalue weighted by atomic mass is 10.2. The van der Waals surface area contributed by atoms with Gasteiger partial charge in [-0.3, -0.25) is 0 Å². The van der Waals surface area contributed by atoms with Gasteiger partial charge in [-0.2, -0.15) is 0 Å². The van der Waals surface area contributed by atoms with Gasteiger partial charge in [0.1, 0.15) is 5.82 Å². The van der Waals surface area contributed by atoms with Crippen LogP contribution in [-0.4, -0.2) is 26.6 Å². The Morgan fingerprint density at radius 3 is 2.78 bits per heavy atom. The van der Waals surface area contributed by atoms with Crippen LogP contribution >= 0.6 is 11.3 Å². The minimum Gasteiger partial charge on any atom is -0.354 e. The number of rotatable bonds is 6. The van der Waals surface area contributed by atoms with Gasteiger partial charge in [0.15, 0.2) is 0 Å². The molecule has 23 heavy (non-hydrogen) atoms. The van der Waals surface area contributed by atoms with Crippen molar-refractivity contribution in [2.75, 3.05) is 11.9 Å². The fraction of sp³-hybridized carbons (Fsp3) is 0.353. The first kappa shape index (κ1) is 15.7. The van der Waals surface area contributed by atoms with Crippen molar-refractivity contribution < 1.29 is 0 Å². The first-order valence-electron chi connectivity index (χ1n) is 7.68. The molecule has 0 unspecified atom stereocenters. The zero-order valence-corrected chi connectivity index (χ0v) is 14.5. The number of nitrogens with zero attached hydrogens (tertiary/aromatic N) is 5. The maximum absolute atomic E-state index is 4.68. The van der Waals surface area contributed by atoms with Crippen LogP contribution in [0.15, 0.2) is 42.4 Å². The van der Waals surface area contributed by atoms with Gasteiger partial charge in [-0.15, -0.1) is 11.3 Å². The van der Waals surface area contributed by atoms with Gasteiger partial charge >= 0.3 is 0 Å². The zero-order valence-electron chi connectivity index (χ0n) is 13.7. The second kappa shape index (κ2) is 6.91. The highest BCUT2D eigenvalue weighted by Gasteiger charge is 2.09. The second-order valence-corrected chi connectivity index (χ2v) is 6.84. The van der Waals surface area contributed by atoms with Crippen molar-refractivity contribution in [1.29, 1.82) is 0 Å². The van der Waals surface area contributed by atoms with E-state index in [1.807, 2.05) is 30.3 Å². The summed E-state index contributed by atoms with van der Waals surface area (Å²) in [7, 11) is 2.05. The highest BCUT2D eigenvalue weighted by atomic mass is 32.1. The Hall–Kier alpha value is -2.21. The monoisotopic (exact) mass is 327 g/mol. The van der Waals surface area contributed by atoms with E-state index in [2.05, 4.69) is 51.2 Å². The summed E-state index contributed by atoms with van der Waals surface area (Å²) in [6.45, 7) is 5.91. The van der Waals surface area contributed by atoms with Gasteiger partial charge in [0.25, 0.3) is 0 Å². The average molecular weight is 327 g/mol. The van der Waals surface area contributed by atoms with Crippen LogP contribution < -0.4 is 4.90 Å². The fourth-order valence-electron chi connectivity index (χ4n) is 2.31. The highest BCUT2D eigenvalue weighted by molar-refractivity contribution is 7.09. The average Bonchev–Trinajstić information content (AvgIpc) is 3.19. The van der Waals surface area contributed by atoms with Crippen molar-refractivity contribution in [3.8, 4) is 0 Å². The number of imidazole rings is 1. The van der Waals surface area contributed by atoms with E-state index in [4.69, 9.17) is 0 Å². The summed E-state index contributed by atoms with van der Waals surface area (Å²) in [5, 5.41) is 3.33. The van der Waals surface area contributed by atoms with E-state index < -0.39 is 0 Å². The van der Waals surface area contributed by atoms with E-state index in [-0.39, 0.29) is 0 Å². The third-order valence-electron chi connectivity index (χ3n) is 3.59. The molecule has 0 aromatic carbocycles. The first-order chi connectivity index (χ1) is 11.1. The van der Waals surface area contributed by atoms with E-state index in [0.717, 1.165) is 30.2 Å². The number of aromatic nitrogens is 4. The van der Waals surface area contributed by atoms with Crippen LogP contribution in [-0.2, 0) is 13.1 Å². The Labute approximate surface area is 140 Å². The molecular formula is C17H21N5S. The summed E-state index contributed by atoms with van der Waals surface area (Å²) in [5.74, 6) is 1.44. The highest BCUT2D eigenvalue weighted by Crippen LogP contribution is 2.21. The van der Waals surface area contributed by atoms with E-state index in [9.17, 15) is 0 Å². The molecule has 6 heteroatoms. The largest absolute Gasteiger partial charge is 0.354 e. The number of anilines is 1. The second-order valence-electron chi connectivity index (χ2n) is 5.95. The van der Waals surface area contributed by atoms with Crippen molar-refractivity contribution in [1.82, 2.24) is 19.5 Å². The Kier molecular flexibility index (Phi) is 4.71. The molecule has 0 atom stereocenters. The number of hydrogen-bond donors (Lipinski definition) is 0. The molecule has 0 saturated heterocycles. The van der Waals surface area contributed by atoms with Crippen molar-refractivity contribution in [3.05, 3.63) is 58.7 Å². The van der Waals surface area contributed by atoms with Crippen LogP contribution in [0.1, 0.15) is 36.0 Å². The molecule has 0 amide bonds. The number of pyridine rings is 1. The van der Waals surface area contributed by atoms with Gasteiger partial charge < -0.3 is 9.47 Å². The van der Waals surface area contributed by atoms with Crippen molar-refractivity contribution in [2.45, 2.75) is 32.9 Å². The van der Waals surface area contributed by atoms with E-state index in [1.165, 1.54) is 5.01 Å². The van der Waals surface area contributed by atoms with Gasteiger partial charge in [0, 0.05) is 43.5 Å². The minimum absolute atomic E-state index is 0.486. The summed E-state index contributed by atoms with van der Waals surface area (Å²) in [6.07, 6.45) is 7.48. The van der Waals surface area contributed by atoms with Crippen LogP contribution in [0.25, 0.3) is 0 Å². The van der Waals surface area contributed by atoms with Crippen LogP contribution in [0.3, 0.4) is 0 Å². The summed E-state index contributed by atoms with van der Waals surface area (Å²) in [4.78, 5) is 15.4. The maximum atomic E-state index is 4.68. The molecule has 0 N–H and O–H groups in total. The van der Waals surface area contributed by atoms with Crippen LogP contribution in [0, 0.1) is 0 Å². The maximum Gasteiger partial charge on any atom is 0.128 e. The normalized spacial score (nSPS) is 11.1. The van der Waals surface area contributed by atoms with E-state index in [0.29, 0.717) is 5.92 Å². The molecule has 0 spiro atoms. The molecule has 120 valence electrons. The van der Waals surface area contributed by atoms with Crippen LogP contribution in [0.2, 0.25) is 0 Å². The van der Waals surface area contributed by atoms with Crippen LogP contribution in [0.4, 0.5) is 5.82 Å². The van der Waals surface area contributed by atoms with Gasteiger partial charge in [-0.1, -0.05) is 19.9 Å². The molecule has 0 saturated carbocycles. The summed E-state index contributed by atoms with van der Waals surface area (Å²) in [5.41, 5.74) is 2.27. The molecule has 0 aliphatic carbocycles. The Morgan fingerprint density at radius 2 is 2.17 bits per heavy atom. The van der Waals surface area contributed by atoms with Crippen molar-refractivity contribution in [2.24, 2.45) is 0 Å². The molecule has 3 heterocycles. The summed E-state index contributed by atoms with van der Waals surface area (Å²) in [6, 6.07) is 4.17. The van der Waals surface area contributed by atoms with Crippen molar-refractivity contribution >= 4 is 17.2 Å². The third-order valence-corrected chi connectivity index (χ3v) is 4.78. The zero-order chi connectivity index (χ0) is 16.2. The lowest BCUT2D eigenvalue weighted by molar-refractivity contribution is 0.789. The number of thiazole rings is 1. The van der Waals surface area contributed by atoms with E-state index >= 15 is 0 Å². The molecule has 3 rings (SSSR count). The predicted molar refractivity (Wildman–Crippen MR) is 93.9 cm³/mol. The summed E-state index contributed by atoms with van der Waals surface area (Å²) < 4.78 is 2.03. The van der Waals surface area contributed by atoms with E-state index in [1.54, 1.807) is 17.5 Å². The Morgan fingerprint density at radius 1 is 1.30 bits per heavy atom. The van der Waals surface area contributed by atoms with Crippen LogP contribution in [0.5, 0.6) is 0 Å². The Bertz CT molecular complexity index is 731. The molecular weight excluding hydrogens is 306 g/mol. The number of hydrogen-bond acceptors (Lipinski definition) is 5. The third kappa shape index (κ3) is 3.96. The molecule has 0 radical (unpaired) electrons. The Balaban J connectivity index is 1.63. The van der Waals surface area contributed by atoms with Gasteiger partial charge in [-0.25, -0.2) is 15.0 Å². The molecule has 3 aromatic heterocycles. The molecule has 0 fully saturated rings.